The summed E-state index contributed by atoms with van der Waals surface area (Å²) in [7, 11) is 0. The largest absolute Gasteiger partial charge is 0.492 e. The molecule has 4 aliphatic rings. The van der Waals surface area contributed by atoms with Crippen LogP contribution in [0.5, 0.6) is 5.75 Å². The molecule has 2 fully saturated rings. The molecular formula is C30H39NO3. The quantitative estimate of drug-likeness (QED) is 0.509. The van der Waals surface area contributed by atoms with Crippen molar-refractivity contribution in [1.82, 2.24) is 4.90 Å². The van der Waals surface area contributed by atoms with Crippen molar-refractivity contribution in [2.45, 2.75) is 71.6 Å². The maximum atomic E-state index is 13.1. The van der Waals surface area contributed by atoms with Gasteiger partial charge in [-0.25, -0.2) is 0 Å². The zero-order chi connectivity index (χ0) is 23.9. The molecule has 4 heteroatoms. The molecule has 0 aliphatic heterocycles. The van der Waals surface area contributed by atoms with E-state index in [0.717, 1.165) is 63.9 Å². The van der Waals surface area contributed by atoms with E-state index in [-0.39, 0.29) is 17.1 Å². The van der Waals surface area contributed by atoms with Gasteiger partial charge in [0.05, 0.1) is 0 Å². The number of carbonyl (C=O) groups is 2. The van der Waals surface area contributed by atoms with Gasteiger partial charge in [-0.05, 0) is 91.9 Å². The van der Waals surface area contributed by atoms with E-state index in [1.165, 1.54) is 16.7 Å². The van der Waals surface area contributed by atoms with Crippen LogP contribution < -0.4 is 4.74 Å². The standard InChI is InChI=1S/C30H39NO3/c1-4-31(5-2)16-17-34-23-10-6-20(7-11-23)26-19-30(3)27(14-15-28(30)33)25-12-8-21-18-22(32)9-13-24(21)29(25)26/h6-7,10-11,18,25-27H,4-5,8-9,12-17,19H2,1-3H3/t25-,26-,27-,30-/m0/s1. The lowest BCUT2D eigenvalue weighted by Gasteiger charge is -2.50. The van der Waals surface area contributed by atoms with E-state index in [0.29, 0.717) is 30.6 Å². The van der Waals surface area contributed by atoms with Gasteiger partial charge in [-0.3, -0.25) is 9.59 Å². The number of hydrogen-bond donors (Lipinski definition) is 0. The highest BCUT2D eigenvalue weighted by atomic mass is 16.5. The predicted molar refractivity (Wildman–Crippen MR) is 135 cm³/mol. The third kappa shape index (κ3) is 4.08. The zero-order valence-electron chi connectivity index (χ0n) is 21.1. The molecule has 0 amide bonds. The number of rotatable bonds is 7. The van der Waals surface area contributed by atoms with Gasteiger partial charge in [0.15, 0.2) is 5.78 Å². The highest BCUT2D eigenvalue weighted by Crippen LogP contribution is 2.62. The van der Waals surface area contributed by atoms with Gasteiger partial charge in [-0.1, -0.05) is 38.5 Å². The second kappa shape index (κ2) is 9.45. The van der Waals surface area contributed by atoms with E-state index in [4.69, 9.17) is 4.74 Å². The van der Waals surface area contributed by atoms with Crippen molar-refractivity contribution in [2.24, 2.45) is 17.3 Å². The Bertz CT molecular complexity index is 1020. The molecule has 0 spiro atoms. The molecule has 0 bridgehead atoms. The fourth-order valence-electron chi connectivity index (χ4n) is 7.36. The second-order valence-corrected chi connectivity index (χ2v) is 10.9. The molecule has 2 saturated carbocycles. The second-order valence-electron chi connectivity index (χ2n) is 10.9. The highest BCUT2D eigenvalue weighted by Gasteiger charge is 2.56. The van der Waals surface area contributed by atoms with Crippen molar-refractivity contribution < 1.29 is 14.3 Å². The molecule has 0 unspecified atom stereocenters. The summed E-state index contributed by atoms with van der Waals surface area (Å²) in [5.41, 5.74) is 5.35. The number of Topliss-reactive ketones (excluding diaryl/α,β-unsaturated/α-hetero) is 1. The Balaban J connectivity index is 1.45. The lowest BCUT2D eigenvalue weighted by atomic mass is 9.53. The summed E-state index contributed by atoms with van der Waals surface area (Å²) in [6, 6.07) is 8.65. The lowest BCUT2D eigenvalue weighted by molar-refractivity contribution is -0.128. The normalized spacial score (nSPS) is 30.7. The van der Waals surface area contributed by atoms with E-state index in [9.17, 15) is 9.59 Å². The van der Waals surface area contributed by atoms with Crippen LogP contribution in [-0.4, -0.2) is 42.7 Å². The van der Waals surface area contributed by atoms with Crippen LogP contribution in [-0.2, 0) is 9.59 Å². The summed E-state index contributed by atoms with van der Waals surface area (Å²) in [6.07, 6.45) is 8.14. The number of benzene rings is 1. The maximum absolute atomic E-state index is 13.1. The third-order valence-electron chi connectivity index (χ3n) is 9.30. The molecule has 0 aromatic heterocycles. The molecular weight excluding hydrogens is 422 g/mol. The minimum atomic E-state index is -0.218. The maximum Gasteiger partial charge on any atom is 0.156 e. The van der Waals surface area contributed by atoms with Crippen LogP contribution >= 0.6 is 0 Å². The lowest BCUT2D eigenvalue weighted by Crippen LogP contribution is -2.43. The van der Waals surface area contributed by atoms with Crippen molar-refractivity contribution in [3.05, 3.63) is 52.6 Å². The molecule has 5 rings (SSSR count). The minimum Gasteiger partial charge on any atom is -0.492 e. The molecule has 182 valence electrons. The van der Waals surface area contributed by atoms with Crippen LogP contribution in [0, 0.1) is 17.3 Å². The number of carbonyl (C=O) groups excluding carboxylic acids is 2. The number of fused-ring (bicyclic) bond motifs is 4. The summed E-state index contributed by atoms with van der Waals surface area (Å²) in [4.78, 5) is 27.6. The molecule has 4 atom stereocenters. The first-order chi connectivity index (χ1) is 16.4. The first-order valence-corrected chi connectivity index (χ1v) is 13.4. The van der Waals surface area contributed by atoms with Crippen molar-refractivity contribution >= 4 is 11.6 Å². The van der Waals surface area contributed by atoms with Crippen molar-refractivity contribution in [3.63, 3.8) is 0 Å². The van der Waals surface area contributed by atoms with Crippen LogP contribution in [0.1, 0.15) is 77.2 Å². The number of allylic oxidation sites excluding steroid dienone is 4. The fraction of sp³-hybridized carbons (Fsp3) is 0.600. The first-order valence-electron chi connectivity index (χ1n) is 13.4. The monoisotopic (exact) mass is 461 g/mol. The molecule has 0 N–H and O–H groups in total. The molecule has 4 nitrogen and oxygen atoms in total. The number of ketones is 2. The summed E-state index contributed by atoms with van der Waals surface area (Å²) in [6.45, 7) is 10.3. The molecule has 1 aromatic rings. The van der Waals surface area contributed by atoms with Crippen molar-refractivity contribution in [2.75, 3.05) is 26.2 Å². The summed E-state index contributed by atoms with van der Waals surface area (Å²) in [5, 5.41) is 0. The molecule has 4 aliphatic carbocycles. The van der Waals surface area contributed by atoms with Gasteiger partial charge < -0.3 is 9.64 Å². The smallest absolute Gasteiger partial charge is 0.156 e. The molecule has 0 saturated heterocycles. The Morgan fingerprint density at radius 3 is 2.50 bits per heavy atom. The van der Waals surface area contributed by atoms with Crippen LogP contribution in [0.25, 0.3) is 0 Å². The number of likely N-dealkylation sites (N-methyl/N-ethyl adjacent to an activating group) is 1. The Labute approximate surface area is 204 Å². The topological polar surface area (TPSA) is 46.6 Å². The van der Waals surface area contributed by atoms with Crippen LogP contribution in [0.3, 0.4) is 0 Å². The fourth-order valence-corrected chi connectivity index (χ4v) is 7.36. The number of nitrogens with zero attached hydrogens (tertiary/aromatic N) is 1. The van der Waals surface area contributed by atoms with Gasteiger partial charge in [0.1, 0.15) is 18.1 Å². The summed E-state index contributed by atoms with van der Waals surface area (Å²) < 4.78 is 6.04. The Morgan fingerprint density at radius 1 is 1.00 bits per heavy atom. The molecule has 1 aromatic carbocycles. The van der Waals surface area contributed by atoms with Crippen molar-refractivity contribution in [3.8, 4) is 5.75 Å². The Morgan fingerprint density at radius 2 is 1.76 bits per heavy atom. The number of ether oxygens (including phenoxy) is 1. The van der Waals surface area contributed by atoms with E-state index in [2.05, 4.69) is 49.9 Å². The SMILES string of the molecule is CCN(CC)CCOc1ccc([C@@H]2C[C@]3(C)C(=O)CC[C@H]3[C@@H]3CCC4=CC(=O)CCC4=C23)cc1. The van der Waals surface area contributed by atoms with Gasteiger partial charge in [0, 0.05) is 30.7 Å². The molecule has 34 heavy (non-hydrogen) atoms. The molecule has 0 radical (unpaired) electrons. The van der Waals surface area contributed by atoms with Gasteiger partial charge >= 0.3 is 0 Å². The minimum absolute atomic E-state index is 0.218. The van der Waals surface area contributed by atoms with Crippen molar-refractivity contribution in [1.29, 1.82) is 0 Å². The average Bonchev–Trinajstić information content (AvgIpc) is 3.15. The molecule has 0 heterocycles. The Hall–Kier alpha value is -2.20. The van der Waals surface area contributed by atoms with E-state index >= 15 is 0 Å². The predicted octanol–water partition coefficient (Wildman–Crippen LogP) is 5.88. The van der Waals surface area contributed by atoms with Gasteiger partial charge in [0.2, 0.25) is 0 Å². The van der Waals surface area contributed by atoms with Crippen LogP contribution in [0.2, 0.25) is 0 Å². The van der Waals surface area contributed by atoms with Gasteiger partial charge in [-0.2, -0.15) is 0 Å². The average molecular weight is 462 g/mol. The first kappa shape index (κ1) is 23.5. The van der Waals surface area contributed by atoms with E-state index in [1.54, 1.807) is 5.57 Å². The zero-order valence-corrected chi connectivity index (χ0v) is 21.1. The van der Waals surface area contributed by atoms with Crippen LogP contribution in [0.15, 0.2) is 47.1 Å². The van der Waals surface area contributed by atoms with Gasteiger partial charge in [0.25, 0.3) is 0 Å². The third-order valence-corrected chi connectivity index (χ3v) is 9.30. The van der Waals surface area contributed by atoms with E-state index in [1.807, 2.05) is 6.08 Å². The van der Waals surface area contributed by atoms with Crippen LogP contribution in [0.4, 0.5) is 0 Å². The van der Waals surface area contributed by atoms with E-state index < -0.39 is 0 Å². The number of hydrogen-bond acceptors (Lipinski definition) is 4. The highest BCUT2D eigenvalue weighted by molar-refractivity contribution is 5.93. The summed E-state index contributed by atoms with van der Waals surface area (Å²) in [5.74, 6) is 2.83. The van der Waals surface area contributed by atoms with Gasteiger partial charge in [-0.15, -0.1) is 0 Å². The summed E-state index contributed by atoms with van der Waals surface area (Å²) >= 11 is 0. The Kier molecular flexibility index (Phi) is 6.54.